The number of nitrogens with zero attached hydrogens (tertiary/aromatic N) is 1. The molecule has 1 saturated heterocycles. The average Bonchev–Trinajstić information content (AvgIpc) is 3.24. The molecule has 1 aliphatic rings. The van der Waals surface area contributed by atoms with Crippen molar-refractivity contribution in [2.24, 2.45) is 5.92 Å². The number of carboxylic acids is 1. The topological polar surface area (TPSA) is 40.5 Å². The van der Waals surface area contributed by atoms with Gasteiger partial charge in [0.25, 0.3) is 0 Å². The van der Waals surface area contributed by atoms with Gasteiger partial charge in [0.05, 0.1) is 12.0 Å². The van der Waals surface area contributed by atoms with Crippen LogP contribution in [0.4, 0.5) is 0 Å². The standard InChI is InChI=1S/C27H25NO2S/c29-27(30)22-14-16-28(17-15-22)26(25-18-23-8-4-5-9-24(23)31-25)21-12-10-20(11-13-21)19-6-2-1-3-7-19/h1-13,18,22,26H,14-17H2,(H,29,30). The van der Waals surface area contributed by atoms with Gasteiger partial charge in [-0.1, -0.05) is 72.8 Å². The Hall–Kier alpha value is -2.95. The van der Waals surface area contributed by atoms with Gasteiger partial charge in [-0.15, -0.1) is 11.3 Å². The summed E-state index contributed by atoms with van der Waals surface area (Å²) in [7, 11) is 0. The second-order valence-electron chi connectivity index (χ2n) is 8.23. The maximum Gasteiger partial charge on any atom is 0.306 e. The van der Waals surface area contributed by atoms with Crippen LogP contribution in [0.3, 0.4) is 0 Å². The molecule has 0 bridgehead atoms. The fourth-order valence-corrected chi connectivity index (χ4v) is 5.81. The van der Waals surface area contributed by atoms with Crippen molar-refractivity contribution >= 4 is 27.4 Å². The van der Waals surface area contributed by atoms with E-state index in [9.17, 15) is 9.90 Å². The monoisotopic (exact) mass is 427 g/mol. The van der Waals surface area contributed by atoms with Crippen molar-refractivity contribution in [3.8, 4) is 11.1 Å². The Kier molecular flexibility index (Phi) is 5.58. The molecule has 1 fully saturated rings. The molecule has 2 heterocycles. The van der Waals surface area contributed by atoms with Crippen LogP contribution in [0.15, 0.2) is 84.9 Å². The second kappa shape index (κ2) is 8.66. The third kappa shape index (κ3) is 4.14. The molecule has 156 valence electrons. The van der Waals surface area contributed by atoms with Crippen LogP contribution in [-0.2, 0) is 4.79 Å². The molecule has 31 heavy (non-hydrogen) atoms. The summed E-state index contributed by atoms with van der Waals surface area (Å²) in [4.78, 5) is 15.2. The molecule has 1 aromatic heterocycles. The SMILES string of the molecule is O=C(O)C1CCN(C(c2ccc(-c3ccccc3)cc2)c2cc3ccccc3s2)CC1. The Morgan fingerprint density at radius 3 is 2.19 bits per heavy atom. The van der Waals surface area contributed by atoms with E-state index in [1.54, 1.807) is 0 Å². The molecular weight excluding hydrogens is 402 g/mol. The lowest BCUT2D eigenvalue weighted by molar-refractivity contribution is -0.143. The number of hydrogen-bond donors (Lipinski definition) is 1. The third-order valence-corrected chi connectivity index (χ3v) is 7.46. The van der Waals surface area contributed by atoms with Crippen LogP contribution in [0.5, 0.6) is 0 Å². The first kappa shape index (κ1) is 20.0. The number of thiophene rings is 1. The van der Waals surface area contributed by atoms with E-state index in [-0.39, 0.29) is 12.0 Å². The van der Waals surface area contributed by atoms with Gasteiger partial charge < -0.3 is 5.11 Å². The predicted molar refractivity (Wildman–Crippen MR) is 127 cm³/mol. The van der Waals surface area contributed by atoms with E-state index in [1.165, 1.54) is 31.7 Å². The fourth-order valence-electron chi connectivity index (χ4n) is 4.59. The summed E-state index contributed by atoms with van der Waals surface area (Å²) >= 11 is 1.84. The number of aliphatic carboxylic acids is 1. The minimum absolute atomic E-state index is 0.150. The van der Waals surface area contributed by atoms with Gasteiger partial charge in [0, 0.05) is 9.58 Å². The maximum absolute atomic E-state index is 11.4. The van der Waals surface area contributed by atoms with Crippen molar-refractivity contribution in [1.29, 1.82) is 0 Å². The van der Waals surface area contributed by atoms with Gasteiger partial charge in [0.1, 0.15) is 0 Å². The molecule has 3 nitrogen and oxygen atoms in total. The number of likely N-dealkylation sites (tertiary alicyclic amines) is 1. The van der Waals surface area contributed by atoms with Crippen LogP contribution in [0.1, 0.15) is 29.3 Å². The van der Waals surface area contributed by atoms with Crippen LogP contribution in [-0.4, -0.2) is 29.1 Å². The van der Waals surface area contributed by atoms with Crippen LogP contribution in [0.2, 0.25) is 0 Å². The molecule has 0 saturated carbocycles. The number of piperidine rings is 1. The average molecular weight is 428 g/mol. The first-order chi connectivity index (χ1) is 15.2. The number of carbonyl (C=O) groups is 1. The molecule has 1 atom stereocenters. The van der Waals surface area contributed by atoms with Crippen molar-refractivity contribution in [3.05, 3.63) is 95.4 Å². The Labute approximate surface area is 186 Å². The Balaban J connectivity index is 1.50. The van der Waals surface area contributed by atoms with E-state index in [0.29, 0.717) is 12.8 Å². The second-order valence-corrected chi connectivity index (χ2v) is 9.34. The van der Waals surface area contributed by atoms with Gasteiger partial charge in [-0.05, 0) is 60.1 Å². The molecule has 0 radical (unpaired) electrons. The van der Waals surface area contributed by atoms with Gasteiger partial charge in [0.15, 0.2) is 0 Å². The third-order valence-electron chi connectivity index (χ3n) is 6.29. The van der Waals surface area contributed by atoms with Gasteiger partial charge in [-0.25, -0.2) is 0 Å². The van der Waals surface area contributed by atoms with Crippen molar-refractivity contribution in [2.45, 2.75) is 18.9 Å². The number of fused-ring (bicyclic) bond motifs is 1. The van der Waals surface area contributed by atoms with Gasteiger partial charge in [-0.3, -0.25) is 9.69 Å². The highest BCUT2D eigenvalue weighted by Gasteiger charge is 2.31. The highest BCUT2D eigenvalue weighted by Crippen LogP contribution is 2.39. The maximum atomic E-state index is 11.4. The van der Waals surface area contributed by atoms with Crippen molar-refractivity contribution in [2.75, 3.05) is 13.1 Å². The van der Waals surface area contributed by atoms with Crippen LogP contribution in [0, 0.1) is 5.92 Å². The molecular formula is C27H25NO2S. The quantitative estimate of drug-likeness (QED) is 0.398. The smallest absolute Gasteiger partial charge is 0.306 e. The minimum Gasteiger partial charge on any atom is -0.481 e. The Morgan fingerprint density at radius 2 is 1.52 bits per heavy atom. The highest BCUT2D eigenvalue weighted by molar-refractivity contribution is 7.19. The molecule has 0 aliphatic carbocycles. The van der Waals surface area contributed by atoms with E-state index >= 15 is 0 Å². The number of benzene rings is 3. The fraction of sp³-hybridized carbons (Fsp3) is 0.222. The first-order valence-corrected chi connectivity index (χ1v) is 11.6. The minimum atomic E-state index is -0.662. The van der Waals surface area contributed by atoms with E-state index in [4.69, 9.17) is 0 Å². The summed E-state index contributed by atoms with van der Waals surface area (Å²) in [5.41, 5.74) is 3.69. The molecule has 1 unspecified atom stereocenters. The van der Waals surface area contributed by atoms with Gasteiger partial charge in [-0.2, -0.15) is 0 Å². The molecule has 0 spiro atoms. The summed E-state index contributed by atoms with van der Waals surface area (Å²) in [6.45, 7) is 1.60. The number of rotatable bonds is 5. The zero-order valence-electron chi connectivity index (χ0n) is 17.3. The molecule has 1 N–H and O–H groups in total. The van der Waals surface area contributed by atoms with Gasteiger partial charge in [0.2, 0.25) is 0 Å². The molecule has 1 aliphatic heterocycles. The molecule has 4 aromatic rings. The number of carboxylic acid groups (broad SMARTS) is 1. The number of hydrogen-bond acceptors (Lipinski definition) is 3. The van der Waals surface area contributed by atoms with E-state index < -0.39 is 5.97 Å². The van der Waals surface area contributed by atoms with Crippen molar-refractivity contribution < 1.29 is 9.90 Å². The van der Waals surface area contributed by atoms with E-state index in [1.807, 2.05) is 17.4 Å². The zero-order valence-corrected chi connectivity index (χ0v) is 18.1. The van der Waals surface area contributed by atoms with E-state index in [0.717, 1.165) is 13.1 Å². The zero-order chi connectivity index (χ0) is 21.2. The first-order valence-electron chi connectivity index (χ1n) is 10.8. The van der Waals surface area contributed by atoms with Crippen LogP contribution < -0.4 is 0 Å². The molecule has 5 rings (SSSR count). The van der Waals surface area contributed by atoms with E-state index in [2.05, 4.69) is 83.8 Å². The summed E-state index contributed by atoms with van der Waals surface area (Å²) in [5, 5.41) is 10.7. The molecule has 0 amide bonds. The summed E-state index contributed by atoms with van der Waals surface area (Å²) in [6.07, 6.45) is 1.41. The predicted octanol–water partition coefficient (Wildman–Crippen LogP) is 6.45. The normalized spacial score (nSPS) is 16.4. The van der Waals surface area contributed by atoms with Crippen LogP contribution >= 0.6 is 11.3 Å². The summed E-state index contributed by atoms with van der Waals surface area (Å²) in [6, 6.07) is 30.3. The lowest BCUT2D eigenvalue weighted by atomic mass is 9.93. The summed E-state index contributed by atoms with van der Waals surface area (Å²) in [5.74, 6) is -0.884. The van der Waals surface area contributed by atoms with Crippen molar-refractivity contribution in [3.63, 3.8) is 0 Å². The lowest BCUT2D eigenvalue weighted by Gasteiger charge is -2.36. The lowest BCUT2D eigenvalue weighted by Crippen LogP contribution is -2.39. The highest BCUT2D eigenvalue weighted by atomic mass is 32.1. The molecule has 4 heteroatoms. The largest absolute Gasteiger partial charge is 0.481 e. The van der Waals surface area contributed by atoms with Gasteiger partial charge >= 0.3 is 5.97 Å². The molecule has 3 aromatic carbocycles. The Morgan fingerprint density at radius 1 is 0.871 bits per heavy atom. The van der Waals surface area contributed by atoms with Crippen LogP contribution in [0.25, 0.3) is 21.2 Å². The van der Waals surface area contributed by atoms with Crippen molar-refractivity contribution in [1.82, 2.24) is 4.90 Å². The Bertz CT molecular complexity index is 1140. The summed E-state index contributed by atoms with van der Waals surface area (Å²) < 4.78 is 1.30.